The standard InChI is InChI=1S/C23H29N5O3/c1-31-23(30)25-18-9-12-26(13-10-18)20-7-3-2-6-19(20)22(29)28-16-14-27(15-17-28)21-8-4-5-11-24-21/h2-8,11,18H,9-10,12-17H2,1H3,(H,25,30). The van der Waals surface area contributed by atoms with Gasteiger partial charge < -0.3 is 24.8 Å². The summed E-state index contributed by atoms with van der Waals surface area (Å²) in [7, 11) is 1.38. The van der Waals surface area contributed by atoms with Crippen LogP contribution in [0.1, 0.15) is 23.2 Å². The van der Waals surface area contributed by atoms with Crippen molar-refractivity contribution in [1.82, 2.24) is 15.2 Å². The molecule has 0 unspecified atom stereocenters. The lowest BCUT2D eigenvalue weighted by molar-refractivity contribution is 0.0747. The van der Waals surface area contributed by atoms with Crippen molar-refractivity contribution < 1.29 is 14.3 Å². The number of nitrogens with one attached hydrogen (secondary N) is 1. The Morgan fingerprint density at radius 3 is 2.32 bits per heavy atom. The van der Waals surface area contributed by atoms with Gasteiger partial charge in [-0.1, -0.05) is 18.2 Å². The quantitative estimate of drug-likeness (QED) is 0.814. The third-order valence-electron chi connectivity index (χ3n) is 6.02. The molecule has 0 spiro atoms. The van der Waals surface area contributed by atoms with E-state index in [1.807, 2.05) is 47.4 Å². The van der Waals surface area contributed by atoms with E-state index in [0.29, 0.717) is 13.1 Å². The zero-order valence-corrected chi connectivity index (χ0v) is 17.9. The van der Waals surface area contributed by atoms with E-state index in [1.54, 1.807) is 6.20 Å². The van der Waals surface area contributed by atoms with Gasteiger partial charge in [-0.15, -0.1) is 0 Å². The number of piperazine rings is 1. The van der Waals surface area contributed by atoms with Gasteiger partial charge in [-0.05, 0) is 37.1 Å². The van der Waals surface area contributed by atoms with E-state index >= 15 is 0 Å². The summed E-state index contributed by atoms with van der Waals surface area (Å²) in [6.07, 6.45) is 3.05. The van der Waals surface area contributed by atoms with E-state index in [4.69, 9.17) is 4.74 Å². The van der Waals surface area contributed by atoms with E-state index in [-0.39, 0.29) is 18.0 Å². The first-order chi connectivity index (χ1) is 15.2. The third-order valence-corrected chi connectivity index (χ3v) is 6.02. The number of para-hydroxylation sites is 1. The molecule has 0 radical (unpaired) electrons. The van der Waals surface area contributed by atoms with E-state index in [9.17, 15) is 9.59 Å². The fourth-order valence-electron chi connectivity index (χ4n) is 4.27. The van der Waals surface area contributed by atoms with Crippen molar-refractivity contribution >= 4 is 23.5 Å². The summed E-state index contributed by atoms with van der Waals surface area (Å²) in [6.45, 7) is 4.47. The fourth-order valence-corrected chi connectivity index (χ4v) is 4.27. The van der Waals surface area contributed by atoms with Gasteiger partial charge in [0.2, 0.25) is 0 Å². The summed E-state index contributed by atoms with van der Waals surface area (Å²) in [4.78, 5) is 35.6. The van der Waals surface area contributed by atoms with Crippen LogP contribution in [-0.2, 0) is 4.74 Å². The molecule has 164 valence electrons. The van der Waals surface area contributed by atoms with Gasteiger partial charge in [-0.25, -0.2) is 9.78 Å². The van der Waals surface area contributed by atoms with Gasteiger partial charge in [-0.3, -0.25) is 4.79 Å². The minimum atomic E-state index is -0.390. The Balaban J connectivity index is 1.39. The van der Waals surface area contributed by atoms with Crippen molar-refractivity contribution in [3.05, 3.63) is 54.2 Å². The van der Waals surface area contributed by atoms with Crippen LogP contribution in [0.2, 0.25) is 0 Å². The molecule has 0 atom stereocenters. The number of hydrogen-bond acceptors (Lipinski definition) is 6. The molecule has 8 nitrogen and oxygen atoms in total. The van der Waals surface area contributed by atoms with Gasteiger partial charge in [-0.2, -0.15) is 0 Å². The van der Waals surface area contributed by atoms with Gasteiger partial charge in [0.25, 0.3) is 5.91 Å². The molecule has 31 heavy (non-hydrogen) atoms. The van der Waals surface area contributed by atoms with E-state index in [1.165, 1.54) is 7.11 Å². The monoisotopic (exact) mass is 423 g/mol. The van der Waals surface area contributed by atoms with E-state index in [0.717, 1.165) is 56.1 Å². The first-order valence-corrected chi connectivity index (χ1v) is 10.8. The van der Waals surface area contributed by atoms with Gasteiger partial charge in [0.05, 0.1) is 12.7 Å². The molecule has 0 bridgehead atoms. The Morgan fingerprint density at radius 1 is 0.935 bits per heavy atom. The summed E-state index contributed by atoms with van der Waals surface area (Å²) in [6, 6.07) is 13.8. The molecule has 2 fully saturated rings. The molecular formula is C23H29N5O3. The number of hydrogen-bond donors (Lipinski definition) is 1. The van der Waals surface area contributed by atoms with Crippen LogP contribution < -0.4 is 15.1 Å². The van der Waals surface area contributed by atoms with Crippen molar-refractivity contribution in [2.24, 2.45) is 0 Å². The fraction of sp³-hybridized carbons (Fsp3) is 0.435. The number of pyridine rings is 1. The van der Waals surface area contributed by atoms with Crippen LogP contribution >= 0.6 is 0 Å². The summed E-state index contributed by atoms with van der Waals surface area (Å²) >= 11 is 0. The van der Waals surface area contributed by atoms with Crippen LogP contribution in [0.25, 0.3) is 0 Å². The van der Waals surface area contributed by atoms with E-state index in [2.05, 4.69) is 20.1 Å². The van der Waals surface area contributed by atoms with Crippen LogP contribution in [0.15, 0.2) is 48.7 Å². The molecule has 2 amide bonds. The Bertz CT molecular complexity index is 891. The zero-order chi connectivity index (χ0) is 21.6. The summed E-state index contributed by atoms with van der Waals surface area (Å²) in [5, 5.41) is 2.87. The van der Waals surface area contributed by atoms with Gasteiger partial charge in [0.15, 0.2) is 0 Å². The second-order valence-corrected chi connectivity index (χ2v) is 7.88. The van der Waals surface area contributed by atoms with Gasteiger partial charge in [0, 0.05) is 57.2 Å². The summed E-state index contributed by atoms with van der Waals surface area (Å²) in [5.74, 6) is 1.03. The van der Waals surface area contributed by atoms with E-state index < -0.39 is 0 Å². The molecule has 2 saturated heterocycles. The van der Waals surface area contributed by atoms with Crippen LogP contribution in [0.4, 0.5) is 16.3 Å². The molecule has 2 aliphatic rings. The Kier molecular flexibility index (Phi) is 6.54. The number of alkyl carbamates (subject to hydrolysis) is 1. The number of nitrogens with zero attached hydrogens (tertiary/aromatic N) is 4. The Morgan fingerprint density at radius 2 is 1.65 bits per heavy atom. The highest BCUT2D eigenvalue weighted by Gasteiger charge is 2.27. The first-order valence-electron chi connectivity index (χ1n) is 10.8. The minimum Gasteiger partial charge on any atom is -0.453 e. The van der Waals surface area contributed by atoms with Crippen molar-refractivity contribution in [3.63, 3.8) is 0 Å². The summed E-state index contributed by atoms with van der Waals surface area (Å²) in [5.41, 5.74) is 1.71. The number of methoxy groups -OCH3 is 1. The van der Waals surface area contributed by atoms with Crippen molar-refractivity contribution in [3.8, 4) is 0 Å². The first kappa shape index (κ1) is 21.0. The number of carbonyl (C=O) groups is 2. The number of carbonyl (C=O) groups excluding carboxylic acids is 2. The van der Waals surface area contributed by atoms with Crippen LogP contribution in [0.3, 0.4) is 0 Å². The average Bonchev–Trinajstić information content (AvgIpc) is 2.84. The van der Waals surface area contributed by atoms with Crippen molar-refractivity contribution in [1.29, 1.82) is 0 Å². The lowest BCUT2D eigenvalue weighted by Gasteiger charge is -2.37. The SMILES string of the molecule is COC(=O)NC1CCN(c2ccccc2C(=O)N2CCN(c3ccccn3)CC2)CC1. The molecule has 1 aromatic carbocycles. The minimum absolute atomic E-state index is 0.0751. The average molecular weight is 424 g/mol. The van der Waals surface area contributed by atoms with Crippen molar-refractivity contribution in [2.45, 2.75) is 18.9 Å². The number of benzene rings is 1. The number of aromatic nitrogens is 1. The third kappa shape index (κ3) is 4.90. The van der Waals surface area contributed by atoms with Gasteiger partial charge in [0.1, 0.15) is 5.82 Å². The molecule has 2 aromatic rings. The number of amides is 2. The van der Waals surface area contributed by atoms with Gasteiger partial charge >= 0.3 is 6.09 Å². The number of piperidine rings is 1. The molecule has 1 aromatic heterocycles. The van der Waals surface area contributed by atoms with Crippen LogP contribution in [-0.4, -0.2) is 74.3 Å². The molecule has 1 N–H and O–H groups in total. The predicted octanol–water partition coefficient (Wildman–Crippen LogP) is 2.37. The largest absolute Gasteiger partial charge is 0.453 e. The lowest BCUT2D eigenvalue weighted by Crippen LogP contribution is -2.49. The molecule has 0 aliphatic carbocycles. The maximum atomic E-state index is 13.3. The predicted molar refractivity (Wildman–Crippen MR) is 120 cm³/mol. The normalized spacial score (nSPS) is 17.4. The van der Waals surface area contributed by atoms with Crippen LogP contribution in [0, 0.1) is 0 Å². The topological polar surface area (TPSA) is 78.0 Å². The van der Waals surface area contributed by atoms with Crippen molar-refractivity contribution in [2.75, 3.05) is 56.2 Å². The molecule has 0 saturated carbocycles. The zero-order valence-electron chi connectivity index (χ0n) is 17.9. The number of rotatable bonds is 4. The highest BCUT2D eigenvalue weighted by molar-refractivity contribution is 6.00. The second kappa shape index (κ2) is 9.68. The molecular weight excluding hydrogens is 394 g/mol. The maximum Gasteiger partial charge on any atom is 0.407 e. The number of anilines is 2. The molecule has 3 heterocycles. The Hall–Kier alpha value is -3.29. The molecule has 4 rings (SSSR count). The molecule has 2 aliphatic heterocycles. The van der Waals surface area contributed by atoms with Crippen LogP contribution in [0.5, 0.6) is 0 Å². The maximum absolute atomic E-state index is 13.3. The Labute approximate surface area is 182 Å². The highest BCUT2D eigenvalue weighted by Crippen LogP contribution is 2.26. The number of ether oxygens (including phenoxy) is 1. The highest BCUT2D eigenvalue weighted by atomic mass is 16.5. The smallest absolute Gasteiger partial charge is 0.407 e. The molecule has 8 heteroatoms. The lowest BCUT2D eigenvalue weighted by atomic mass is 10.0. The second-order valence-electron chi connectivity index (χ2n) is 7.88. The summed E-state index contributed by atoms with van der Waals surface area (Å²) < 4.78 is 4.70.